The van der Waals surface area contributed by atoms with Crippen LogP contribution >= 0.6 is 0 Å². The molecule has 0 radical (unpaired) electrons. The number of hydrazine groups is 1. The predicted octanol–water partition coefficient (Wildman–Crippen LogP) is 1.24. The molecule has 1 aromatic rings. The molecule has 2 atom stereocenters. The predicted molar refractivity (Wildman–Crippen MR) is 112 cm³/mol. The van der Waals surface area contributed by atoms with E-state index in [1.54, 1.807) is 13.8 Å². The molecule has 3 rings (SSSR count). The summed E-state index contributed by atoms with van der Waals surface area (Å²) in [4.78, 5) is 51.5. The molecule has 9 heteroatoms. The summed E-state index contributed by atoms with van der Waals surface area (Å²) >= 11 is 0. The summed E-state index contributed by atoms with van der Waals surface area (Å²) < 4.78 is 5.08. The lowest BCUT2D eigenvalue weighted by atomic mass is 9.93. The second-order valence-electron chi connectivity index (χ2n) is 8.25. The number of amides is 4. The molecule has 0 aromatic heterocycles. The molecule has 2 fully saturated rings. The van der Waals surface area contributed by atoms with Crippen molar-refractivity contribution in [3.8, 4) is 0 Å². The summed E-state index contributed by atoms with van der Waals surface area (Å²) in [6, 6.07) is 9.05. The number of benzene rings is 1. The van der Waals surface area contributed by atoms with E-state index in [4.69, 9.17) is 4.74 Å². The molecule has 4 amide bonds. The quantitative estimate of drug-likeness (QED) is 0.475. The number of carbonyl (C=O) groups is 4. The van der Waals surface area contributed by atoms with E-state index in [0.717, 1.165) is 23.4 Å². The lowest BCUT2D eigenvalue weighted by Crippen LogP contribution is -2.52. The summed E-state index contributed by atoms with van der Waals surface area (Å²) in [6.07, 6.45) is 2.54. The van der Waals surface area contributed by atoms with E-state index in [1.807, 2.05) is 35.2 Å². The van der Waals surface area contributed by atoms with E-state index in [0.29, 0.717) is 32.5 Å². The largest absolute Gasteiger partial charge is 0.466 e. The van der Waals surface area contributed by atoms with E-state index < -0.39 is 23.4 Å². The van der Waals surface area contributed by atoms with Gasteiger partial charge in [0.1, 0.15) is 5.54 Å². The van der Waals surface area contributed by atoms with Crippen molar-refractivity contribution >= 4 is 23.8 Å². The number of rotatable bonds is 8. The number of ether oxygens (including phenoxy) is 1. The molecule has 168 valence electrons. The molecule has 0 spiro atoms. The summed E-state index contributed by atoms with van der Waals surface area (Å²) in [5.74, 6) is -1.47. The zero-order valence-corrected chi connectivity index (χ0v) is 18.1. The molecular weight excluding hydrogens is 400 g/mol. The fraction of sp³-hybridized carbons (Fsp3) is 0.545. The van der Waals surface area contributed by atoms with Crippen molar-refractivity contribution in [2.45, 2.75) is 45.1 Å². The van der Waals surface area contributed by atoms with Crippen LogP contribution in [0, 0.1) is 5.92 Å². The van der Waals surface area contributed by atoms with Gasteiger partial charge in [0.2, 0.25) is 0 Å². The van der Waals surface area contributed by atoms with Crippen LogP contribution in [0.15, 0.2) is 30.3 Å². The Labute approximate surface area is 182 Å². The van der Waals surface area contributed by atoms with Crippen LogP contribution in [0.1, 0.15) is 38.7 Å². The van der Waals surface area contributed by atoms with Gasteiger partial charge in [-0.1, -0.05) is 30.3 Å². The van der Waals surface area contributed by atoms with Crippen LogP contribution in [0.4, 0.5) is 4.79 Å². The Kier molecular flexibility index (Phi) is 7.27. The van der Waals surface area contributed by atoms with Crippen molar-refractivity contribution in [2.75, 3.05) is 26.2 Å². The summed E-state index contributed by atoms with van der Waals surface area (Å²) in [6.45, 7) is 4.83. The maximum absolute atomic E-state index is 12.9. The van der Waals surface area contributed by atoms with Crippen LogP contribution < -0.4 is 10.7 Å². The smallest absolute Gasteiger partial charge is 0.344 e. The highest BCUT2D eigenvalue weighted by Gasteiger charge is 2.48. The van der Waals surface area contributed by atoms with Gasteiger partial charge in [0.05, 0.1) is 19.1 Å². The number of nitrogens with one attached hydrogen (secondary N) is 2. The molecule has 31 heavy (non-hydrogen) atoms. The highest BCUT2D eigenvalue weighted by Crippen LogP contribution is 2.22. The molecule has 9 nitrogen and oxygen atoms in total. The molecule has 2 aliphatic heterocycles. The fourth-order valence-electron chi connectivity index (χ4n) is 4.01. The number of nitrogens with zero attached hydrogens (tertiary/aromatic N) is 2. The third-order valence-electron chi connectivity index (χ3n) is 5.75. The number of aryl methyl sites for hydroxylation is 1. The van der Waals surface area contributed by atoms with Crippen LogP contribution in [0.3, 0.4) is 0 Å². The SMILES string of the molecule is CCOC(=O)C1CCCN(CC(=O)NN2C(=O)NC(C)(CCc3ccccc3)C2=O)C1. The van der Waals surface area contributed by atoms with Crippen LogP contribution in [0.5, 0.6) is 0 Å². The normalized spacial score (nSPS) is 24.1. The molecule has 0 saturated carbocycles. The Balaban J connectivity index is 1.53. The van der Waals surface area contributed by atoms with Crippen LogP contribution in [0.2, 0.25) is 0 Å². The summed E-state index contributed by atoms with van der Waals surface area (Å²) in [7, 11) is 0. The third-order valence-corrected chi connectivity index (χ3v) is 5.75. The number of esters is 1. The minimum atomic E-state index is -1.08. The number of urea groups is 1. The van der Waals surface area contributed by atoms with Crippen molar-refractivity contribution in [1.29, 1.82) is 0 Å². The van der Waals surface area contributed by atoms with E-state index in [2.05, 4.69) is 10.7 Å². The van der Waals surface area contributed by atoms with E-state index in [9.17, 15) is 19.2 Å². The molecule has 2 N–H and O–H groups in total. The summed E-state index contributed by atoms with van der Waals surface area (Å²) in [5.41, 5.74) is 2.40. The number of imide groups is 1. The second kappa shape index (κ2) is 9.91. The van der Waals surface area contributed by atoms with Gasteiger partial charge in [-0.2, -0.15) is 5.01 Å². The maximum Gasteiger partial charge on any atom is 0.344 e. The van der Waals surface area contributed by atoms with Crippen molar-refractivity contribution in [3.05, 3.63) is 35.9 Å². The highest BCUT2D eigenvalue weighted by molar-refractivity contribution is 6.07. The van der Waals surface area contributed by atoms with Gasteiger partial charge in [-0.05, 0) is 51.6 Å². The van der Waals surface area contributed by atoms with E-state index in [-0.39, 0.29) is 18.4 Å². The first-order valence-electron chi connectivity index (χ1n) is 10.7. The lowest BCUT2D eigenvalue weighted by molar-refractivity contribution is -0.150. The van der Waals surface area contributed by atoms with Gasteiger partial charge in [-0.15, -0.1) is 0 Å². The van der Waals surface area contributed by atoms with Crippen molar-refractivity contribution in [3.63, 3.8) is 0 Å². The monoisotopic (exact) mass is 430 g/mol. The molecule has 1 aromatic carbocycles. The Morgan fingerprint density at radius 3 is 2.71 bits per heavy atom. The fourth-order valence-corrected chi connectivity index (χ4v) is 4.01. The van der Waals surface area contributed by atoms with Gasteiger partial charge in [-0.25, -0.2) is 4.79 Å². The Morgan fingerprint density at radius 2 is 2.00 bits per heavy atom. The number of hydrogen-bond acceptors (Lipinski definition) is 6. The minimum absolute atomic E-state index is 0.00626. The number of likely N-dealkylation sites (tertiary alicyclic amines) is 1. The average Bonchev–Trinajstić information content (AvgIpc) is 2.97. The topological polar surface area (TPSA) is 108 Å². The molecule has 2 heterocycles. The van der Waals surface area contributed by atoms with Crippen molar-refractivity contribution < 1.29 is 23.9 Å². The van der Waals surface area contributed by atoms with Gasteiger partial charge in [0.25, 0.3) is 11.8 Å². The molecule has 2 saturated heterocycles. The first-order chi connectivity index (χ1) is 14.8. The minimum Gasteiger partial charge on any atom is -0.466 e. The first-order valence-corrected chi connectivity index (χ1v) is 10.7. The first kappa shape index (κ1) is 22.7. The van der Waals surface area contributed by atoms with E-state index in [1.165, 1.54) is 0 Å². The number of carbonyl (C=O) groups excluding carboxylic acids is 4. The zero-order chi connectivity index (χ0) is 22.4. The highest BCUT2D eigenvalue weighted by atomic mass is 16.5. The maximum atomic E-state index is 12.9. The zero-order valence-electron chi connectivity index (χ0n) is 18.1. The van der Waals surface area contributed by atoms with E-state index >= 15 is 0 Å². The molecule has 2 aliphatic rings. The van der Waals surface area contributed by atoms with Gasteiger partial charge in [0.15, 0.2) is 0 Å². The Bertz CT molecular complexity index is 830. The van der Waals surface area contributed by atoms with Crippen LogP contribution in [-0.2, 0) is 25.5 Å². The molecule has 2 unspecified atom stereocenters. The lowest BCUT2D eigenvalue weighted by Gasteiger charge is -2.31. The standard InChI is InChI=1S/C22H30N4O5/c1-3-31-19(28)17-10-7-13-25(14-17)15-18(27)24-26-20(29)22(2,23-21(26)30)12-11-16-8-5-4-6-9-16/h4-6,8-9,17H,3,7,10-15H2,1-2H3,(H,23,30)(H,24,27). The van der Waals surface area contributed by atoms with Gasteiger partial charge < -0.3 is 10.1 Å². The molecule has 0 bridgehead atoms. The van der Waals surface area contributed by atoms with Gasteiger partial charge in [-0.3, -0.25) is 24.7 Å². The Hall–Kier alpha value is -2.94. The van der Waals surface area contributed by atoms with Crippen LogP contribution in [-0.4, -0.2) is 65.5 Å². The number of hydrogen-bond donors (Lipinski definition) is 2. The number of piperidine rings is 1. The van der Waals surface area contributed by atoms with Crippen LogP contribution in [0.25, 0.3) is 0 Å². The third kappa shape index (κ3) is 5.61. The van der Waals surface area contributed by atoms with Gasteiger partial charge >= 0.3 is 12.0 Å². The van der Waals surface area contributed by atoms with Crippen molar-refractivity contribution in [1.82, 2.24) is 20.7 Å². The molecular formula is C22H30N4O5. The van der Waals surface area contributed by atoms with Crippen molar-refractivity contribution in [2.24, 2.45) is 5.92 Å². The molecule has 0 aliphatic carbocycles. The summed E-state index contributed by atoms with van der Waals surface area (Å²) in [5, 5.41) is 3.46. The Morgan fingerprint density at radius 1 is 1.26 bits per heavy atom. The second-order valence-corrected chi connectivity index (χ2v) is 8.25. The average molecular weight is 431 g/mol. The van der Waals surface area contributed by atoms with Gasteiger partial charge in [0, 0.05) is 6.54 Å².